The Labute approximate surface area is 203 Å². The minimum Gasteiger partial charge on any atom is -0.325 e. The number of hydrogen-bond acceptors (Lipinski definition) is 6. The predicted molar refractivity (Wildman–Crippen MR) is 133 cm³/mol. The van der Waals surface area contributed by atoms with Gasteiger partial charge in [0, 0.05) is 36.3 Å². The van der Waals surface area contributed by atoms with Crippen molar-refractivity contribution >= 4 is 22.8 Å². The summed E-state index contributed by atoms with van der Waals surface area (Å²) < 4.78 is 32.0. The van der Waals surface area contributed by atoms with E-state index in [0.29, 0.717) is 22.9 Å². The Morgan fingerprint density at radius 2 is 1.91 bits per heavy atom. The molecule has 2 N–H and O–H groups in total. The van der Waals surface area contributed by atoms with Crippen molar-refractivity contribution in [3.8, 4) is 11.3 Å². The SMILES string of the molecule is CCC(CC)n1c(C)nc2c(F)cc(-c3nc(Nc4ccc5c(n4)C[C@H](C)NC5)ncc3F)cc21. The quantitative estimate of drug-likeness (QED) is 0.376. The molecule has 1 aliphatic rings. The standard InChI is InChI=1S/C26H29F2N7/c1-5-18(6-2)35-15(4)31-25-19(27)10-17(11-22(25)35)24-20(28)13-30-26(34-24)33-23-8-7-16-12-29-14(3)9-21(16)32-23/h7-8,10-11,13-14,18,29H,5-6,9,12H2,1-4H3,(H,30,32,33,34)/t14-/m0/s1. The molecule has 0 unspecified atom stereocenters. The molecule has 182 valence electrons. The van der Waals surface area contributed by atoms with Gasteiger partial charge < -0.3 is 15.2 Å². The number of fused-ring (bicyclic) bond motifs is 2. The molecule has 0 aliphatic carbocycles. The molecule has 4 heterocycles. The fraction of sp³-hybridized carbons (Fsp3) is 0.385. The topological polar surface area (TPSA) is 80.5 Å². The number of rotatable bonds is 6. The third-order valence-electron chi connectivity index (χ3n) is 6.70. The van der Waals surface area contributed by atoms with Gasteiger partial charge in [-0.05, 0) is 50.5 Å². The highest BCUT2D eigenvalue weighted by Gasteiger charge is 2.21. The van der Waals surface area contributed by atoms with Crippen LogP contribution >= 0.6 is 0 Å². The molecule has 5 rings (SSSR count). The Hall–Kier alpha value is -3.46. The normalized spacial score (nSPS) is 15.6. The molecule has 0 fully saturated rings. The van der Waals surface area contributed by atoms with E-state index in [-0.39, 0.29) is 23.2 Å². The molecular formula is C26H29F2N7. The molecule has 0 saturated heterocycles. The summed E-state index contributed by atoms with van der Waals surface area (Å²) in [5.74, 6) is 0.383. The fourth-order valence-corrected chi connectivity index (χ4v) is 4.85. The lowest BCUT2D eigenvalue weighted by Crippen LogP contribution is -2.33. The fourth-order valence-electron chi connectivity index (χ4n) is 4.85. The third-order valence-corrected chi connectivity index (χ3v) is 6.70. The van der Waals surface area contributed by atoms with Crippen molar-refractivity contribution in [2.45, 2.75) is 65.6 Å². The highest BCUT2D eigenvalue weighted by atomic mass is 19.1. The summed E-state index contributed by atoms with van der Waals surface area (Å²) in [4.78, 5) is 17.6. The van der Waals surface area contributed by atoms with Gasteiger partial charge in [0.15, 0.2) is 11.6 Å². The zero-order chi connectivity index (χ0) is 24.7. The average molecular weight is 478 g/mol. The van der Waals surface area contributed by atoms with Gasteiger partial charge in [-0.15, -0.1) is 0 Å². The summed E-state index contributed by atoms with van der Waals surface area (Å²) in [5.41, 5.74) is 3.45. The van der Waals surface area contributed by atoms with E-state index in [1.165, 1.54) is 6.07 Å². The van der Waals surface area contributed by atoms with Gasteiger partial charge >= 0.3 is 0 Å². The summed E-state index contributed by atoms with van der Waals surface area (Å²) in [5, 5.41) is 6.49. The van der Waals surface area contributed by atoms with Crippen LogP contribution in [0.5, 0.6) is 0 Å². The summed E-state index contributed by atoms with van der Waals surface area (Å²) in [6.07, 6.45) is 3.68. The Balaban J connectivity index is 1.53. The van der Waals surface area contributed by atoms with Crippen LogP contribution < -0.4 is 10.6 Å². The minimum atomic E-state index is -0.627. The molecule has 1 atom stereocenters. The highest BCUT2D eigenvalue weighted by Crippen LogP contribution is 2.32. The zero-order valence-electron chi connectivity index (χ0n) is 20.4. The van der Waals surface area contributed by atoms with Gasteiger partial charge in [-0.2, -0.15) is 0 Å². The molecule has 1 aliphatic heterocycles. The summed E-state index contributed by atoms with van der Waals surface area (Å²) >= 11 is 0. The molecule has 0 radical (unpaired) electrons. The van der Waals surface area contributed by atoms with Gasteiger partial charge in [0.1, 0.15) is 22.9 Å². The van der Waals surface area contributed by atoms with Crippen molar-refractivity contribution in [1.29, 1.82) is 0 Å². The van der Waals surface area contributed by atoms with E-state index in [2.05, 4.69) is 46.4 Å². The molecule has 3 aromatic heterocycles. The lowest BCUT2D eigenvalue weighted by molar-refractivity contribution is 0.473. The number of nitrogens with one attached hydrogen (secondary N) is 2. The van der Waals surface area contributed by atoms with Gasteiger partial charge in [-0.3, -0.25) is 0 Å². The molecule has 0 amide bonds. The molecular weight excluding hydrogens is 448 g/mol. The minimum absolute atomic E-state index is 0.0223. The first-order chi connectivity index (χ1) is 16.9. The maximum Gasteiger partial charge on any atom is 0.229 e. The Morgan fingerprint density at radius 1 is 1.11 bits per heavy atom. The Morgan fingerprint density at radius 3 is 2.69 bits per heavy atom. The first-order valence-corrected chi connectivity index (χ1v) is 12.1. The van der Waals surface area contributed by atoms with E-state index in [9.17, 15) is 4.39 Å². The van der Waals surface area contributed by atoms with E-state index >= 15 is 4.39 Å². The van der Waals surface area contributed by atoms with Crippen LogP contribution in [0, 0.1) is 18.6 Å². The van der Waals surface area contributed by atoms with Crippen LogP contribution in [0.25, 0.3) is 22.3 Å². The van der Waals surface area contributed by atoms with Gasteiger partial charge in [0.25, 0.3) is 0 Å². The number of anilines is 2. The van der Waals surface area contributed by atoms with E-state index in [1.807, 2.05) is 23.6 Å². The van der Waals surface area contributed by atoms with Crippen molar-refractivity contribution in [2.24, 2.45) is 0 Å². The van der Waals surface area contributed by atoms with Gasteiger partial charge in [0.05, 0.1) is 11.7 Å². The molecule has 0 bridgehead atoms. The molecule has 4 aromatic rings. The molecule has 0 saturated carbocycles. The molecule has 7 nitrogen and oxygen atoms in total. The second-order valence-corrected chi connectivity index (χ2v) is 9.13. The number of pyridine rings is 1. The van der Waals surface area contributed by atoms with Crippen LogP contribution in [-0.2, 0) is 13.0 Å². The monoisotopic (exact) mass is 477 g/mol. The number of aromatic nitrogens is 5. The Bertz CT molecular complexity index is 1390. The van der Waals surface area contributed by atoms with Crippen LogP contribution in [0.3, 0.4) is 0 Å². The first kappa shape index (κ1) is 23.3. The largest absolute Gasteiger partial charge is 0.325 e. The average Bonchev–Trinajstić information content (AvgIpc) is 3.17. The molecule has 9 heteroatoms. The van der Waals surface area contributed by atoms with E-state index in [0.717, 1.165) is 49.1 Å². The van der Waals surface area contributed by atoms with Crippen LogP contribution in [0.15, 0.2) is 30.5 Å². The molecule has 35 heavy (non-hydrogen) atoms. The molecule has 1 aromatic carbocycles. The number of halogens is 2. The number of nitrogens with zero attached hydrogens (tertiary/aromatic N) is 5. The lowest BCUT2D eigenvalue weighted by Gasteiger charge is -2.22. The second-order valence-electron chi connectivity index (χ2n) is 9.13. The van der Waals surface area contributed by atoms with Crippen molar-refractivity contribution < 1.29 is 8.78 Å². The van der Waals surface area contributed by atoms with Crippen molar-refractivity contribution in [3.63, 3.8) is 0 Å². The van der Waals surface area contributed by atoms with Crippen molar-refractivity contribution in [3.05, 3.63) is 59.2 Å². The number of aryl methyl sites for hydroxylation is 1. The summed E-state index contributed by atoms with van der Waals surface area (Å²) in [6, 6.07) is 7.44. The number of hydrogen-bond donors (Lipinski definition) is 2. The Kier molecular flexibility index (Phi) is 6.19. The van der Waals surface area contributed by atoms with Crippen LogP contribution in [0.2, 0.25) is 0 Å². The maximum absolute atomic E-state index is 15.1. The van der Waals surface area contributed by atoms with Gasteiger partial charge in [-0.25, -0.2) is 28.7 Å². The van der Waals surface area contributed by atoms with Gasteiger partial charge in [-0.1, -0.05) is 19.9 Å². The van der Waals surface area contributed by atoms with Crippen molar-refractivity contribution in [2.75, 3.05) is 5.32 Å². The van der Waals surface area contributed by atoms with E-state index in [1.54, 1.807) is 6.07 Å². The summed E-state index contributed by atoms with van der Waals surface area (Å²) in [6.45, 7) is 8.95. The maximum atomic E-state index is 15.1. The van der Waals surface area contributed by atoms with E-state index < -0.39 is 11.6 Å². The lowest BCUT2D eigenvalue weighted by atomic mass is 10.0. The number of benzene rings is 1. The smallest absolute Gasteiger partial charge is 0.229 e. The zero-order valence-corrected chi connectivity index (χ0v) is 20.4. The highest BCUT2D eigenvalue weighted by molar-refractivity contribution is 5.83. The molecule has 0 spiro atoms. The predicted octanol–water partition coefficient (Wildman–Crippen LogP) is 5.61. The van der Waals surface area contributed by atoms with Crippen LogP contribution in [0.1, 0.15) is 56.7 Å². The first-order valence-electron chi connectivity index (χ1n) is 12.1. The van der Waals surface area contributed by atoms with Crippen molar-refractivity contribution in [1.82, 2.24) is 29.8 Å². The van der Waals surface area contributed by atoms with Gasteiger partial charge in [0.2, 0.25) is 5.95 Å². The third kappa shape index (κ3) is 4.36. The van der Waals surface area contributed by atoms with E-state index in [4.69, 9.17) is 4.98 Å². The van der Waals surface area contributed by atoms with Crippen LogP contribution in [-0.4, -0.2) is 30.5 Å². The van der Waals surface area contributed by atoms with Crippen LogP contribution in [0.4, 0.5) is 20.5 Å². The second kappa shape index (κ2) is 9.30. The number of imidazole rings is 1. The summed E-state index contributed by atoms with van der Waals surface area (Å²) in [7, 11) is 0.